The first-order valence-corrected chi connectivity index (χ1v) is 8.20. The number of benzene rings is 2. The molecule has 7 nitrogen and oxygen atoms in total. The Balaban J connectivity index is 1.93. The highest BCUT2D eigenvalue weighted by Crippen LogP contribution is 2.31. The molecular formula is C18H9Cl2N3O4. The molecule has 0 spiro atoms. The zero-order chi connectivity index (χ0) is 19.6. The number of halogens is 2. The van der Waals surface area contributed by atoms with Gasteiger partial charge in [0.15, 0.2) is 0 Å². The zero-order valence-electron chi connectivity index (χ0n) is 13.4. The highest BCUT2D eigenvalue weighted by atomic mass is 35.5. The van der Waals surface area contributed by atoms with E-state index in [-0.39, 0.29) is 33.5 Å². The fraction of sp³-hybridized carbons (Fsp3) is 0. The van der Waals surface area contributed by atoms with E-state index in [2.05, 4.69) is 5.32 Å². The van der Waals surface area contributed by atoms with Crippen LogP contribution in [0.4, 0.5) is 11.6 Å². The van der Waals surface area contributed by atoms with E-state index in [1.54, 1.807) is 6.07 Å². The average Bonchev–Trinajstić information content (AvgIpc) is 3.04. The largest absolute Gasteiger partial charge is 0.439 e. The molecular weight excluding hydrogens is 393 g/mol. The molecule has 0 saturated carbocycles. The zero-order valence-corrected chi connectivity index (χ0v) is 14.9. The molecule has 3 rings (SSSR count). The maximum Gasteiger partial charge on any atom is 0.270 e. The Labute approximate surface area is 162 Å². The summed E-state index contributed by atoms with van der Waals surface area (Å²) in [6.45, 7) is 0. The number of rotatable bonds is 4. The molecule has 0 bridgehead atoms. The topological polar surface area (TPSA) is 109 Å². The van der Waals surface area contributed by atoms with E-state index in [1.807, 2.05) is 6.07 Å². The number of carbonyl (C=O) groups excluding carboxylic acids is 1. The quantitative estimate of drug-likeness (QED) is 0.471. The lowest BCUT2D eigenvalue weighted by Crippen LogP contribution is -2.12. The average molecular weight is 402 g/mol. The van der Waals surface area contributed by atoms with Crippen molar-refractivity contribution in [2.24, 2.45) is 0 Å². The smallest absolute Gasteiger partial charge is 0.270 e. The summed E-state index contributed by atoms with van der Waals surface area (Å²) < 4.78 is 5.54. The molecule has 0 radical (unpaired) electrons. The van der Waals surface area contributed by atoms with Gasteiger partial charge in [-0.2, -0.15) is 5.26 Å². The molecule has 9 heteroatoms. The Hall–Kier alpha value is -3.34. The Morgan fingerprint density at radius 2 is 1.96 bits per heavy atom. The molecule has 0 aliphatic rings. The lowest BCUT2D eigenvalue weighted by atomic mass is 10.1. The Morgan fingerprint density at radius 1 is 1.19 bits per heavy atom. The molecule has 0 aliphatic carbocycles. The van der Waals surface area contributed by atoms with Crippen molar-refractivity contribution in [1.82, 2.24) is 0 Å². The van der Waals surface area contributed by atoms with Gasteiger partial charge >= 0.3 is 0 Å². The molecule has 0 atom stereocenters. The van der Waals surface area contributed by atoms with Crippen LogP contribution in [0.15, 0.2) is 52.9 Å². The number of carbonyl (C=O) groups is 1. The molecule has 1 N–H and O–H groups in total. The summed E-state index contributed by atoms with van der Waals surface area (Å²) in [5.41, 5.74) is 0.486. The first-order valence-electron chi connectivity index (χ1n) is 7.44. The van der Waals surface area contributed by atoms with Gasteiger partial charge in [-0.15, -0.1) is 0 Å². The van der Waals surface area contributed by atoms with E-state index in [1.165, 1.54) is 42.5 Å². The number of nitro groups is 1. The van der Waals surface area contributed by atoms with Crippen LogP contribution in [0.3, 0.4) is 0 Å². The molecule has 27 heavy (non-hydrogen) atoms. The normalized spacial score (nSPS) is 10.3. The Bertz CT molecular complexity index is 1100. The van der Waals surface area contributed by atoms with Gasteiger partial charge in [-0.3, -0.25) is 20.2 Å². The van der Waals surface area contributed by atoms with Gasteiger partial charge in [0.25, 0.3) is 11.6 Å². The third kappa shape index (κ3) is 3.92. The number of hydrogen-bond donors (Lipinski definition) is 1. The second-order valence-electron chi connectivity index (χ2n) is 5.35. The molecule has 1 amide bonds. The van der Waals surface area contributed by atoms with Gasteiger partial charge in [-0.05, 0) is 18.2 Å². The number of furan rings is 1. The summed E-state index contributed by atoms with van der Waals surface area (Å²) in [6, 6.07) is 13.4. The van der Waals surface area contributed by atoms with Gasteiger partial charge in [0, 0.05) is 28.8 Å². The number of hydrogen-bond acceptors (Lipinski definition) is 5. The van der Waals surface area contributed by atoms with E-state index < -0.39 is 10.8 Å². The highest BCUT2D eigenvalue weighted by Gasteiger charge is 2.18. The van der Waals surface area contributed by atoms with Crippen molar-refractivity contribution in [2.75, 3.05) is 5.32 Å². The number of nitrogens with one attached hydrogen (secondary N) is 1. The van der Waals surface area contributed by atoms with Crippen LogP contribution in [-0.4, -0.2) is 10.8 Å². The first-order chi connectivity index (χ1) is 12.9. The fourth-order valence-corrected chi connectivity index (χ4v) is 2.82. The minimum absolute atomic E-state index is 0.0648. The summed E-state index contributed by atoms with van der Waals surface area (Å²) in [4.78, 5) is 22.8. The number of anilines is 1. The van der Waals surface area contributed by atoms with E-state index in [4.69, 9.17) is 27.6 Å². The molecule has 0 fully saturated rings. The summed E-state index contributed by atoms with van der Waals surface area (Å²) in [7, 11) is 0. The van der Waals surface area contributed by atoms with Gasteiger partial charge in [-0.25, -0.2) is 0 Å². The van der Waals surface area contributed by atoms with Gasteiger partial charge in [-0.1, -0.05) is 35.3 Å². The maximum atomic E-state index is 12.4. The van der Waals surface area contributed by atoms with Crippen molar-refractivity contribution in [3.8, 4) is 17.4 Å². The molecule has 134 valence electrons. The molecule has 0 unspecified atom stereocenters. The van der Waals surface area contributed by atoms with Crippen molar-refractivity contribution in [2.45, 2.75) is 0 Å². The Morgan fingerprint density at radius 3 is 2.63 bits per heavy atom. The van der Waals surface area contributed by atoms with E-state index >= 15 is 0 Å². The van der Waals surface area contributed by atoms with Crippen LogP contribution >= 0.6 is 23.2 Å². The lowest BCUT2D eigenvalue weighted by Gasteiger charge is -2.05. The number of non-ortho nitro benzene ring substituents is 1. The molecule has 3 aromatic rings. The number of nitro benzene ring substituents is 1. The van der Waals surface area contributed by atoms with Crippen LogP contribution in [0, 0.1) is 21.4 Å². The highest BCUT2D eigenvalue weighted by molar-refractivity contribution is 6.37. The first kappa shape index (κ1) is 18.5. The SMILES string of the molecule is N#Cc1cc(-c2cccc([N+](=O)[O-])c2)oc1NC(=O)c1ccc(Cl)cc1Cl. The second-order valence-corrected chi connectivity index (χ2v) is 6.19. The van der Waals surface area contributed by atoms with Crippen LogP contribution in [0.5, 0.6) is 0 Å². The lowest BCUT2D eigenvalue weighted by molar-refractivity contribution is -0.384. The predicted octanol–water partition coefficient (Wildman–Crippen LogP) is 5.29. The molecule has 2 aromatic carbocycles. The van der Waals surface area contributed by atoms with Gasteiger partial charge in [0.1, 0.15) is 17.4 Å². The van der Waals surface area contributed by atoms with Crippen LogP contribution in [0.2, 0.25) is 10.0 Å². The van der Waals surface area contributed by atoms with E-state index in [0.29, 0.717) is 10.6 Å². The van der Waals surface area contributed by atoms with Gasteiger partial charge in [0.2, 0.25) is 5.88 Å². The monoisotopic (exact) mass is 401 g/mol. The van der Waals surface area contributed by atoms with Crippen LogP contribution in [0.1, 0.15) is 15.9 Å². The third-order valence-electron chi connectivity index (χ3n) is 3.60. The van der Waals surface area contributed by atoms with Gasteiger partial charge < -0.3 is 4.42 Å². The molecule has 1 heterocycles. The maximum absolute atomic E-state index is 12.4. The number of nitrogens with zero attached hydrogens (tertiary/aromatic N) is 2. The Kier molecular flexibility index (Phi) is 5.12. The van der Waals surface area contributed by atoms with Crippen LogP contribution in [0.25, 0.3) is 11.3 Å². The number of amides is 1. The fourth-order valence-electron chi connectivity index (χ4n) is 2.33. The van der Waals surface area contributed by atoms with Crippen LogP contribution < -0.4 is 5.32 Å². The summed E-state index contributed by atoms with van der Waals surface area (Å²) in [5, 5.41) is 23.2. The minimum atomic E-state index is -0.590. The van der Waals surface area contributed by atoms with Crippen LogP contribution in [-0.2, 0) is 0 Å². The van der Waals surface area contributed by atoms with Crippen molar-refractivity contribution in [3.63, 3.8) is 0 Å². The van der Waals surface area contributed by atoms with Crippen molar-refractivity contribution in [1.29, 1.82) is 5.26 Å². The molecule has 1 aromatic heterocycles. The molecule has 0 aliphatic heterocycles. The summed E-state index contributed by atoms with van der Waals surface area (Å²) in [5.74, 6) is -0.476. The standard InChI is InChI=1S/C18H9Cl2N3O4/c19-12-4-5-14(15(20)8-12)17(24)22-18-11(9-21)7-16(27-18)10-2-1-3-13(6-10)23(25)26/h1-8H,(H,22,24). The number of nitriles is 1. The second kappa shape index (κ2) is 7.50. The van der Waals surface area contributed by atoms with E-state index in [0.717, 1.165) is 0 Å². The van der Waals surface area contributed by atoms with Gasteiger partial charge in [0.05, 0.1) is 15.5 Å². The third-order valence-corrected chi connectivity index (χ3v) is 4.14. The van der Waals surface area contributed by atoms with Crippen molar-refractivity contribution >= 4 is 40.7 Å². The van der Waals surface area contributed by atoms with Crippen molar-refractivity contribution < 1.29 is 14.1 Å². The summed E-state index contributed by atoms with van der Waals surface area (Å²) >= 11 is 11.8. The molecule has 0 saturated heterocycles. The minimum Gasteiger partial charge on any atom is -0.439 e. The predicted molar refractivity (Wildman–Crippen MR) is 99.9 cm³/mol. The summed E-state index contributed by atoms with van der Waals surface area (Å²) in [6.07, 6.45) is 0. The van der Waals surface area contributed by atoms with Crippen molar-refractivity contribution in [3.05, 3.63) is 79.8 Å². The van der Waals surface area contributed by atoms with E-state index in [9.17, 15) is 20.2 Å².